The molecule has 0 saturated heterocycles. The molecule has 0 saturated carbocycles. The Balaban J connectivity index is 2.69. The highest BCUT2D eigenvalue weighted by molar-refractivity contribution is 6.31. The number of hydrogen-bond donors (Lipinski definition) is 3. The molecule has 10 heteroatoms. The molecule has 1 rings (SSSR count). The summed E-state index contributed by atoms with van der Waals surface area (Å²) < 4.78 is 5.51. The molecular weight excluding hydrogens is 340 g/mol. The van der Waals surface area contributed by atoms with Crippen molar-refractivity contribution >= 4 is 35.1 Å². The monoisotopic (exact) mass is 358 g/mol. The van der Waals surface area contributed by atoms with Gasteiger partial charge in [0.05, 0.1) is 6.61 Å². The third-order valence-corrected chi connectivity index (χ3v) is 2.88. The number of anilines is 1. The molecule has 0 aliphatic rings. The quantitative estimate of drug-likeness (QED) is 0.256. The number of nitrogens with two attached hydrogens (primary N) is 2. The van der Waals surface area contributed by atoms with Crippen LogP contribution in [0.1, 0.15) is 13.3 Å². The minimum atomic E-state index is -1.13. The van der Waals surface area contributed by atoms with Crippen LogP contribution in [0.5, 0.6) is 5.75 Å². The molecule has 0 bridgehead atoms. The highest BCUT2D eigenvalue weighted by atomic mass is 35.5. The summed E-state index contributed by atoms with van der Waals surface area (Å²) >= 11 is 6.00. The Morgan fingerprint density at radius 3 is 2.58 bits per heavy atom. The Morgan fingerprint density at radius 2 is 2.00 bits per heavy atom. The zero-order valence-electron chi connectivity index (χ0n) is 13.1. The van der Waals surface area contributed by atoms with Gasteiger partial charge in [-0.05, 0) is 17.3 Å². The highest BCUT2D eigenvalue weighted by Crippen LogP contribution is 2.27. The second kappa shape index (κ2) is 9.46. The van der Waals surface area contributed by atoms with Crippen LogP contribution in [0.25, 0.3) is 0 Å². The first kappa shape index (κ1) is 19.4. The predicted molar refractivity (Wildman–Crippen MR) is 89.0 cm³/mol. The van der Waals surface area contributed by atoms with E-state index in [-0.39, 0.29) is 12.6 Å². The zero-order valence-corrected chi connectivity index (χ0v) is 13.8. The van der Waals surface area contributed by atoms with Crippen LogP contribution in [0.3, 0.4) is 0 Å². The standard InChI is InChI=1S/C14H19ClN4O5/c1-9(20)19(8-13(21)22)11-5-10(15)6-12(7-11)23-3-2-4-24-18-14(16)17/h5-7H,2-4,8H2,1H3,(H,21,22)(H4,16,17,18). The second-order valence-electron chi connectivity index (χ2n) is 4.70. The number of carbonyl (C=O) groups excluding carboxylic acids is 1. The van der Waals surface area contributed by atoms with Gasteiger partial charge in [0.15, 0.2) is 0 Å². The van der Waals surface area contributed by atoms with Crippen molar-refractivity contribution in [3.05, 3.63) is 23.2 Å². The lowest BCUT2D eigenvalue weighted by Gasteiger charge is -2.20. The average molecular weight is 359 g/mol. The Morgan fingerprint density at radius 1 is 1.29 bits per heavy atom. The van der Waals surface area contributed by atoms with Crippen molar-refractivity contribution in [3.63, 3.8) is 0 Å². The van der Waals surface area contributed by atoms with E-state index in [1.54, 1.807) is 6.07 Å². The SMILES string of the molecule is CC(=O)N(CC(=O)O)c1cc(Cl)cc(OCCCON=C(N)N)c1. The van der Waals surface area contributed by atoms with Gasteiger partial charge in [-0.15, -0.1) is 0 Å². The zero-order chi connectivity index (χ0) is 18.1. The van der Waals surface area contributed by atoms with Crippen LogP contribution >= 0.6 is 11.6 Å². The third kappa shape index (κ3) is 7.05. The number of rotatable bonds is 9. The van der Waals surface area contributed by atoms with Gasteiger partial charge in [0, 0.05) is 30.1 Å². The van der Waals surface area contributed by atoms with E-state index >= 15 is 0 Å². The van der Waals surface area contributed by atoms with Crippen molar-refractivity contribution in [3.8, 4) is 5.75 Å². The summed E-state index contributed by atoms with van der Waals surface area (Å²) in [5.74, 6) is -1.32. The lowest BCUT2D eigenvalue weighted by atomic mass is 10.2. The minimum absolute atomic E-state index is 0.168. The first-order valence-electron chi connectivity index (χ1n) is 6.93. The van der Waals surface area contributed by atoms with Crippen LogP contribution in [-0.2, 0) is 14.4 Å². The van der Waals surface area contributed by atoms with Crippen LogP contribution in [0.15, 0.2) is 23.4 Å². The number of ether oxygens (including phenoxy) is 1. The highest BCUT2D eigenvalue weighted by Gasteiger charge is 2.16. The number of nitrogens with zero attached hydrogens (tertiary/aromatic N) is 2. The summed E-state index contributed by atoms with van der Waals surface area (Å²) in [4.78, 5) is 28.4. The number of guanidine groups is 1. The maximum absolute atomic E-state index is 11.6. The average Bonchev–Trinajstić information content (AvgIpc) is 2.47. The van der Waals surface area contributed by atoms with E-state index < -0.39 is 18.4 Å². The lowest BCUT2D eigenvalue weighted by Crippen LogP contribution is -2.33. The van der Waals surface area contributed by atoms with E-state index in [9.17, 15) is 9.59 Å². The molecule has 5 N–H and O–H groups in total. The van der Waals surface area contributed by atoms with E-state index in [0.29, 0.717) is 29.5 Å². The maximum Gasteiger partial charge on any atom is 0.323 e. The molecule has 0 aliphatic carbocycles. The number of carboxylic acids is 1. The van der Waals surface area contributed by atoms with Gasteiger partial charge in [-0.25, -0.2) is 0 Å². The molecule has 1 amide bonds. The molecule has 1 aromatic rings. The number of carbonyl (C=O) groups is 2. The number of amides is 1. The van der Waals surface area contributed by atoms with Crippen LogP contribution in [0.2, 0.25) is 5.02 Å². The first-order valence-corrected chi connectivity index (χ1v) is 7.31. The molecule has 132 valence electrons. The van der Waals surface area contributed by atoms with Gasteiger partial charge in [-0.1, -0.05) is 11.6 Å². The molecule has 0 aromatic heterocycles. The fraction of sp³-hybridized carbons (Fsp3) is 0.357. The number of hydrogen-bond acceptors (Lipinski definition) is 5. The van der Waals surface area contributed by atoms with Crippen LogP contribution in [0, 0.1) is 0 Å². The molecule has 0 spiro atoms. The van der Waals surface area contributed by atoms with Gasteiger partial charge >= 0.3 is 5.97 Å². The van der Waals surface area contributed by atoms with E-state index in [0.717, 1.165) is 4.90 Å². The molecule has 0 fully saturated rings. The molecule has 24 heavy (non-hydrogen) atoms. The molecule has 0 aliphatic heterocycles. The molecule has 9 nitrogen and oxygen atoms in total. The summed E-state index contributed by atoms with van der Waals surface area (Å²) in [7, 11) is 0. The fourth-order valence-corrected chi connectivity index (χ4v) is 1.96. The van der Waals surface area contributed by atoms with Crippen molar-refractivity contribution in [1.82, 2.24) is 0 Å². The molecular formula is C14H19ClN4O5. The Kier molecular flexibility index (Phi) is 7.63. The van der Waals surface area contributed by atoms with E-state index in [2.05, 4.69) is 5.16 Å². The Labute approximate surface area is 143 Å². The van der Waals surface area contributed by atoms with Gasteiger partial charge < -0.3 is 31.0 Å². The first-order chi connectivity index (χ1) is 11.3. The Hall–Kier alpha value is -2.68. The molecule has 1 aromatic carbocycles. The van der Waals surface area contributed by atoms with Gasteiger partial charge in [-0.3, -0.25) is 9.59 Å². The maximum atomic E-state index is 11.6. The smallest absolute Gasteiger partial charge is 0.323 e. The number of benzene rings is 1. The molecule has 0 atom stereocenters. The molecule has 0 unspecified atom stereocenters. The number of carboxylic acid groups (broad SMARTS) is 1. The number of aliphatic carboxylic acids is 1. The third-order valence-electron chi connectivity index (χ3n) is 2.66. The summed E-state index contributed by atoms with van der Waals surface area (Å²) in [6, 6.07) is 4.58. The van der Waals surface area contributed by atoms with Crippen molar-refractivity contribution in [2.24, 2.45) is 16.6 Å². The Bertz CT molecular complexity index is 619. The summed E-state index contributed by atoms with van der Waals surface area (Å²) in [5, 5.41) is 12.6. The van der Waals surface area contributed by atoms with Gasteiger partial charge in [-0.2, -0.15) is 0 Å². The number of halogens is 1. The van der Waals surface area contributed by atoms with Crippen molar-refractivity contribution in [2.45, 2.75) is 13.3 Å². The fourth-order valence-electron chi connectivity index (χ4n) is 1.74. The summed E-state index contributed by atoms with van der Waals surface area (Å²) in [6.45, 7) is 1.34. The summed E-state index contributed by atoms with van der Waals surface area (Å²) in [5.41, 5.74) is 10.5. The summed E-state index contributed by atoms with van der Waals surface area (Å²) in [6.07, 6.45) is 0.504. The van der Waals surface area contributed by atoms with Crippen LogP contribution in [0.4, 0.5) is 5.69 Å². The van der Waals surface area contributed by atoms with E-state index in [4.69, 9.17) is 37.7 Å². The van der Waals surface area contributed by atoms with Crippen molar-refractivity contribution in [1.29, 1.82) is 0 Å². The van der Waals surface area contributed by atoms with E-state index in [1.807, 2.05) is 0 Å². The van der Waals surface area contributed by atoms with E-state index in [1.165, 1.54) is 19.1 Å². The molecule has 0 heterocycles. The van der Waals surface area contributed by atoms with Gasteiger partial charge in [0.2, 0.25) is 11.9 Å². The van der Waals surface area contributed by atoms with Crippen LogP contribution in [-0.4, -0.2) is 42.7 Å². The lowest BCUT2D eigenvalue weighted by molar-refractivity contribution is -0.136. The van der Waals surface area contributed by atoms with Crippen molar-refractivity contribution < 1.29 is 24.3 Å². The van der Waals surface area contributed by atoms with Gasteiger partial charge in [0.1, 0.15) is 18.9 Å². The van der Waals surface area contributed by atoms with Crippen LogP contribution < -0.4 is 21.1 Å². The second-order valence-corrected chi connectivity index (χ2v) is 5.13. The van der Waals surface area contributed by atoms with Gasteiger partial charge in [0.25, 0.3) is 0 Å². The van der Waals surface area contributed by atoms with Crippen molar-refractivity contribution in [2.75, 3.05) is 24.7 Å². The normalized spacial score (nSPS) is 9.92. The molecule has 0 radical (unpaired) electrons. The number of oxime groups is 1. The predicted octanol–water partition coefficient (Wildman–Crippen LogP) is 0.751. The minimum Gasteiger partial charge on any atom is -0.493 e. The largest absolute Gasteiger partial charge is 0.493 e. The topological polar surface area (TPSA) is 140 Å².